The molecule has 0 aliphatic carbocycles. The molecular formula is C14H23N5O2. The van der Waals surface area contributed by atoms with E-state index < -0.39 is 0 Å². The molecule has 7 heteroatoms. The molecule has 116 valence electrons. The summed E-state index contributed by atoms with van der Waals surface area (Å²) >= 11 is 0. The minimum Gasteiger partial charge on any atom is -0.324 e. The van der Waals surface area contributed by atoms with Gasteiger partial charge in [0.15, 0.2) is 11.2 Å². The molecule has 2 rings (SSSR count). The van der Waals surface area contributed by atoms with Crippen LogP contribution >= 0.6 is 0 Å². The summed E-state index contributed by atoms with van der Waals surface area (Å²) in [5.41, 5.74) is 0.423. The van der Waals surface area contributed by atoms with Crippen LogP contribution in [0.25, 0.3) is 11.2 Å². The predicted molar refractivity (Wildman–Crippen MR) is 82.7 cm³/mol. The molecule has 1 N–H and O–H groups in total. The van der Waals surface area contributed by atoms with E-state index in [4.69, 9.17) is 0 Å². The highest BCUT2D eigenvalue weighted by Gasteiger charge is 2.21. The van der Waals surface area contributed by atoms with Crippen molar-refractivity contribution in [2.24, 2.45) is 7.05 Å². The summed E-state index contributed by atoms with van der Waals surface area (Å²) in [6, 6.07) is -0.00395. The number of imidazole rings is 1. The first kappa shape index (κ1) is 15.5. The average Bonchev–Trinajstić information content (AvgIpc) is 2.77. The molecule has 0 aliphatic rings. The van der Waals surface area contributed by atoms with E-state index >= 15 is 0 Å². The fourth-order valence-electron chi connectivity index (χ4n) is 2.55. The molecule has 2 aromatic heterocycles. The van der Waals surface area contributed by atoms with Crippen molar-refractivity contribution in [1.29, 1.82) is 0 Å². The van der Waals surface area contributed by atoms with E-state index in [2.05, 4.69) is 10.3 Å². The second-order valence-corrected chi connectivity index (χ2v) is 5.25. The highest BCUT2D eigenvalue weighted by atomic mass is 16.2. The van der Waals surface area contributed by atoms with Crippen LogP contribution in [-0.2, 0) is 20.1 Å². The van der Waals surface area contributed by atoms with Crippen molar-refractivity contribution >= 4 is 11.2 Å². The Kier molecular flexibility index (Phi) is 4.32. The van der Waals surface area contributed by atoms with Gasteiger partial charge in [0.1, 0.15) is 5.82 Å². The van der Waals surface area contributed by atoms with E-state index in [1.165, 1.54) is 4.57 Å². The maximum Gasteiger partial charge on any atom is 0.332 e. The molecule has 0 radical (unpaired) electrons. The van der Waals surface area contributed by atoms with Gasteiger partial charge >= 0.3 is 5.69 Å². The third kappa shape index (κ3) is 2.31. The topological polar surface area (TPSA) is 73.8 Å². The molecule has 21 heavy (non-hydrogen) atoms. The van der Waals surface area contributed by atoms with E-state index in [1.807, 2.05) is 27.9 Å². The maximum absolute atomic E-state index is 12.6. The van der Waals surface area contributed by atoms with Crippen LogP contribution in [0.2, 0.25) is 0 Å². The van der Waals surface area contributed by atoms with Gasteiger partial charge in [-0.3, -0.25) is 13.9 Å². The Balaban J connectivity index is 2.97. The van der Waals surface area contributed by atoms with Crippen LogP contribution in [0.3, 0.4) is 0 Å². The standard InChI is InChI=1S/C14H23N5O2/c1-6-9(3)19-12-11(13(20)18(7-2)14(19)21)17(5)10(16-12)8-15-4/h9,15H,6-8H2,1-5H3. The van der Waals surface area contributed by atoms with Crippen molar-refractivity contribution < 1.29 is 0 Å². The minimum absolute atomic E-state index is 0.00395. The second-order valence-electron chi connectivity index (χ2n) is 5.25. The third-order valence-electron chi connectivity index (χ3n) is 3.96. The number of nitrogens with zero attached hydrogens (tertiary/aromatic N) is 4. The first-order chi connectivity index (χ1) is 9.97. The molecular weight excluding hydrogens is 270 g/mol. The summed E-state index contributed by atoms with van der Waals surface area (Å²) in [4.78, 5) is 29.6. The molecule has 0 aliphatic heterocycles. The number of nitrogens with one attached hydrogen (secondary N) is 1. The zero-order valence-corrected chi connectivity index (χ0v) is 13.3. The predicted octanol–water partition coefficient (Wildman–Crippen LogP) is 0.607. The molecule has 0 spiro atoms. The monoisotopic (exact) mass is 293 g/mol. The van der Waals surface area contributed by atoms with Crippen LogP contribution in [0.15, 0.2) is 9.59 Å². The van der Waals surface area contributed by atoms with Crippen molar-refractivity contribution in [3.63, 3.8) is 0 Å². The Hall–Kier alpha value is -1.89. The van der Waals surface area contributed by atoms with Crippen molar-refractivity contribution in [2.45, 2.75) is 46.3 Å². The number of hydrogen-bond acceptors (Lipinski definition) is 4. The number of aromatic nitrogens is 4. The van der Waals surface area contributed by atoms with Gasteiger partial charge in [-0.1, -0.05) is 6.92 Å². The first-order valence-electron chi connectivity index (χ1n) is 7.33. The molecule has 0 bridgehead atoms. The van der Waals surface area contributed by atoms with Crippen molar-refractivity contribution in [3.05, 3.63) is 26.7 Å². The van der Waals surface area contributed by atoms with Crippen LogP contribution < -0.4 is 16.6 Å². The lowest BCUT2D eigenvalue weighted by molar-refractivity contribution is 0.489. The van der Waals surface area contributed by atoms with Crippen molar-refractivity contribution in [3.8, 4) is 0 Å². The van der Waals surface area contributed by atoms with Gasteiger partial charge in [-0.2, -0.15) is 0 Å². The van der Waals surface area contributed by atoms with E-state index in [-0.39, 0.29) is 17.3 Å². The van der Waals surface area contributed by atoms with Crippen LogP contribution in [0.5, 0.6) is 0 Å². The smallest absolute Gasteiger partial charge is 0.324 e. The highest BCUT2D eigenvalue weighted by molar-refractivity contribution is 5.71. The summed E-state index contributed by atoms with van der Waals surface area (Å²) in [5.74, 6) is 0.745. The molecule has 0 amide bonds. The number of hydrogen-bond donors (Lipinski definition) is 1. The summed E-state index contributed by atoms with van der Waals surface area (Å²) in [5, 5.41) is 3.03. The van der Waals surface area contributed by atoms with E-state index in [9.17, 15) is 9.59 Å². The normalized spacial score (nSPS) is 13.0. The Bertz CT molecular complexity index is 768. The number of aryl methyl sites for hydroxylation is 1. The average molecular weight is 293 g/mol. The Morgan fingerprint density at radius 1 is 1.29 bits per heavy atom. The van der Waals surface area contributed by atoms with Crippen LogP contribution in [0, 0.1) is 0 Å². The molecule has 2 heterocycles. The first-order valence-corrected chi connectivity index (χ1v) is 7.33. The van der Waals surface area contributed by atoms with Gasteiger partial charge in [-0.15, -0.1) is 0 Å². The molecule has 0 saturated heterocycles. The number of rotatable bonds is 5. The zero-order valence-electron chi connectivity index (χ0n) is 13.3. The van der Waals surface area contributed by atoms with Crippen molar-refractivity contribution in [1.82, 2.24) is 24.0 Å². The summed E-state index contributed by atoms with van der Waals surface area (Å²) < 4.78 is 4.69. The molecule has 2 aromatic rings. The van der Waals surface area contributed by atoms with Gasteiger partial charge in [0.05, 0.1) is 6.54 Å². The third-order valence-corrected chi connectivity index (χ3v) is 3.96. The Morgan fingerprint density at radius 2 is 1.95 bits per heavy atom. The van der Waals surface area contributed by atoms with Crippen LogP contribution in [0.4, 0.5) is 0 Å². The van der Waals surface area contributed by atoms with Crippen molar-refractivity contribution in [2.75, 3.05) is 7.05 Å². The van der Waals surface area contributed by atoms with E-state index in [0.29, 0.717) is 24.3 Å². The largest absolute Gasteiger partial charge is 0.332 e. The van der Waals surface area contributed by atoms with Crippen LogP contribution in [0.1, 0.15) is 39.1 Å². The molecule has 0 saturated carbocycles. The lowest BCUT2D eigenvalue weighted by Gasteiger charge is -2.15. The maximum atomic E-state index is 12.6. The van der Waals surface area contributed by atoms with Gasteiger partial charge in [0, 0.05) is 19.6 Å². The quantitative estimate of drug-likeness (QED) is 0.876. The lowest BCUT2D eigenvalue weighted by Crippen LogP contribution is -2.41. The van der Waals surface area contributed by atoms with Crippen LogP contribution in [-0.4, -0.2) is 25.7 Å². The molecule has 1 atom stereocenters. The van der Waals surface area contributed by atoms with Gasteiger partial charge in [0.2, 0.25) is 0 Å². The fourth-order valence-corrected chi connectivity index (χ4v) is 2.55. The van der Waals surface area contributed by atoms with E-state index in [1.54, 1.807) is 16.1 Å². The van der Waals surface area contributed by atoms with E-state index in [0.717, 1.165) is 12.2 Å². The summed E-state index contributed by atoms with van der Waals surface area (Å²) in [6.07, 6.45) is 0.800. The highest BCUT2D eigenvalue weighted by Crippen LogP contribution is 2.15. The minimum atomic E-state index is -0.279. The number of fused-ring (bicyclic) bond motifs is 1. The fraction of sp³-hybridized carbons (Fsp3) is 0.643. The SMILES string of the molecule is CCC(C)n1c(=O)n(CC)c(=O)c2c1nc(CNC)n2C. The van der Waals surface area contributed by atoms with Gasteiger partial charge in [-0.25, -0.2) is 9.78 Å². The lowest BCUT2D eigenvalue weighted by atomic mass is 10.2. The van der Waals surface area contributed by atoms with Gasteiger partial charge in [0.25, 0.3) is 5.56 Å². The zero-order chi connectivity index (χ0) is 15.7. The van der Waals surface area contributed by atoms with Gasteiger partial charge < -0.3 is 9.88 Å². The Labute approximate surface area is 123 Å². The summed E-state index contributed by atoms with van der Waals surface area (Å²) in [6.45, 7) is 6.70. The molecule has 1 unspecified atom stereocenters. The molecule has 0 aromatic carbocycles. The summed E-state index contributed by atoms with van der Waals surface area (Å²) in [7, 11) is 3.64. The molecule has 0 fully saturated rings. The second kappa shape index (κ2) is 5.85. The van der Waals surface area contributed by atoms with Gasteiger partial charge in [-0.05, 0) is 27.3 Å². The molecule has 7 nitrogen and oxygen atoms in total. The Morgan fingerprint density at radius 3 is 2.48 bits per heavy atom.